The van der Waals surface area contributed by atoms with E-state index in [1.807, 2.05) is 31.2 Å². The molecule has 0 aliphatic carbocycles. The number of pyridine rings is 1. The number of carbonyl (C=O) groups excluding carboxylic acids is 1. The summed E-state index contributed by atoms with van der Waals surface area (Å²) >= 11 is 12.1. The molecule has 3 rings (SSSR count). The zero-order valence-electron chi connectivity index (χ0n) is 12.9. The van der Waals surface area contributed by atoms with E-state index in [4.69, 9.17) is 23.2 Å². The second-order valence-electron chi connectivity index (χ2n) is 5.18. The maximum absolute atomic E-state index is 12.1. The third kappa shape index (κ3) is 3.11. The highest BCUT2D eigenvalue weighted by molar-refractivity contribution is 6.33. The molecule has 0 aliphatic rings. The molecule has 0 saturated heterocycles. The molecule has 0 bridgehead atoms. The smallest absolute Gasteiger partial charge is 0.266 e. The number of carbonyl (C=O) groups is 1. The Morgan fingerprint density at radius 2 is 2.17 bits per heavy atom. The second kappa shape index (κ2) is 6.59. The van der Waals surface area contributed by atoms with Crippen LogP contribution in [-0.2, 0) is 7.05 Å². The minimum Gasteiger partial charge on any atom is -0.266 e. The van der Waals surface area contributed by atoms with Crippen LogP contribution in [0.25, 0.3) is 10.9 Å². The predicted molar refractivity (Wildman–Crippen MR) is 94.8 cm³/mol. The van der Waals surface area contributed by atoms with Crippen molar-refractivity contribution < 1.29 is 4.79 Å². The average molecular weight is 362 g/mol. The maximum atomic E-state index is 12.1. The zero-order chi connectivity index (χ0) is 17.3. The van der Waals surface area contributed by atoms with Crippen LogP contribution in [0.5, 0.6) is 0 Å². The Bertz CT molecular complexity index is 945. The SMILES string of the molecule is Cc1cccc2cc(C=NNC(=O)c3c(Cl)cnn3C)c(Cl)nc12. The number of hydrogen-bond acceptors (Lipinski definition) is 4. The monoisotopic (exact) mass is 361 g/mol. The van der Waals surface area contributed by atoms with Crippen LogP contribution in [0.1, 0.15) is 21.6 Å². The van der Waals surface area contributed by atoms with E-state index >= 15 is 0 Å². The first-order valence-electron chi connectivity index (χ1n) is 7.04. The number of amides is 1. The minimum absolute atomic E-state index is 0.229. The van der Waals surface area contributed by atoms with Gasteiger partial charge in [0.2, 0.25) is 0 Å². The summed E-state index contributed by atoms with van der Waals surface area (Å²) in [6.07, 6.45) is 2.84. The van der Waals surface area contributed by atoms with Crippen molar-refractivity contribution in [3.63, 3.8) is 0 Å². The van der Waals surface area contributed by atoms with Gasteiger partial charge in [-0.3, -0.25) is 9.48 Å². The Morgan fingerprint density at radius 3 is 2.88 bits per heavy atom. The van der Waals surface area contributed by atoms with Gasteiger partial charge in [-0.25, -0.2) is 10.4 Å². The van der Waals surface area contributed by atoms with Crippen LogP contribution in [0.4, 0.5) is 0 Å². The third-order valence-electron chi connectivity index (χ3n) is 3.51. The number of aryl methyl sites for hydroxylation is 2. The van der Waals surface area contributed by atoms with Crippen LogP contribution < -0.4 is 5.43 Å². The summed E-state index contributed by atoms with van der Waals surface area (Å²) in [6, 6.07) is 7.72. The number of halogens is 2. The third-order valence-corrected chi connectivity index (χ3v) is 4.09. The van der Waals surface area contributed by atoms with Gasteiger partial charge in [0.1, 0.15) is 10.8 Å². The highest BCUT2D eigenvalue weighted by Crippen LogP contribution is 2.21. The summed E-state index contributed by atoms with van der Waals surface area (Å²) in [5.74, 6) is -0.461. The first kappa shape index (κ1) is 16.4. The van der Waals surface area contributed by atoms with Crippen molar-refractivity contribution in [1.82, 2.24) is 20.2 Å². The lowest BCUT2D eigenvalue weighted by molar-refractivity contribution is 0.0946. The molecule has 0 saturated carbocycles. The van der Waals surface area contributed by atoms with Crippen molar-refractivity contribution in [3.05, 3.63) is 57.5 Å². The standard InChI is InChI=1S/C16H13Cl2N5O/c1-9-4-3-5-10-6-11(15(18)21-13(9)10)7-19-22-16(24)14-12(17)8-20-23(14)2/h3-8H,1-2H3,(H,22,24). The van der Waals surface area contributed by atoms with E-state index in [-0.39, 0.29) is 10.7 Å². The lowest BCUT2D eigenvalue weighted by Crippen LogP contribution is -2.21. The summed E-state index contributed by atoms with van der Waals surface area (Å²) < 4.78 is 1.38. The molecule has 6 nitrogen and oxygen atoms in total. The fraction of sp³-hybridized carbons (Fsp3) is 0.125. The number of fused-ring (bicyclic) bond motifs is 1. The maximum Gasteiger partial charge on any atom is 0.291 e. The first-order chi connectivity index (χ1) is 11.5. The van der Waals surface area contributed by atoms with Crippen LogP contribution in [-0.4, -0.2) is 26.9 Å². The highest BCUT2D eigenvalue weighted by atomic mass is 35.5. The van der Waals surface area contributed by atoms with Crippen molar-refractivity contribution in [3.8, 4) is 0 Å². The van der Waals surface area contributed by atoms with Gasteiger partial charge in [0.15, 0.2) is 0 Å². The zero-order valence-corrected chi connectivity index (χ0v) is 14.4. The van der Waals surface area contributed by atoms with Crippen molar-refractivity contribution >= 4 is 46.2 Å². The first-order valence-corrected chi connectivity index (χ1v) is 7.79. The number of nitrogens with zero attached hydrogens (tertiary/aromatic N) is 4. The second-order valence-corrected chi connectivity index (χ2v) is 5.94. The molecule has 1 N–H and O–H groups in total. The Kier molecular flexibility index (Phi) is 4.51. The largest absolute Gasteiger partial charge is 0.291 e. The van der Waals surface area contributed by atoms with Crippen LogP contribution in [0.2, 0.25) is 10.2 Å². The Balaban J connectivity index is 1.83. The molecule has 0 radical (unpaired) electrons. The van der Waals surface area contributed by atoms with Gasteiger partial charge in [0, 0.05) is 18.0 Å². The molecule has 1 aromatic carbocycles. The number of nitrogens with one attached hydrogen (secondary N) is 1. The van der Waals surface area contributed by atoms with E-state index in [1.54, 1.807) is 7.05 Å². The molecule has 3 aromatic rings. The van der Waals surface area contributed by atoms with Crippen molar-refractivity contribution in [2.75, 3.05) is 0 Å². The quantitative estimate of drug-likeness (QED) is 0.441. The number of aromatic nitrogens is 3. The van der Waals surface area contributed by atoms with Crippen LogP contribution >= 0.6 is 23.2 Å². The summed E-state index contributed by atoms with van der Waals surface area (Å²) in [6.45, 7) is 1.97. The van der Waals surface area contributed by atoms with Gasteiger partial charge in [-0.2, -0.15) is 10.2 Å². The Hall–Kier alpha value is -2.44. The molecular weight excluding hydrogens is 349 g/mol. The van der Waals surface area contributed by atoms with Gasteiger partial charge in [-0.1, -0.05) is 41.4 Å². The fourth-order valence-corrected chi connectivity index (χ4v) is 2.75. The number of hydrogen-bond donors (Lipinski definition) is 1. The fourth-order valence-electron chi connectivity index (χ4n) is 2.31. The van der Waals surface area contributed by atoms with Gasteiger partial charge in [-0.15, -0.1) is 0 Å². The lowest BCUT2D eigenvalue weighted by Gasteiger charge is -2.04. The minimum atomic E-state index is -0.461. The number of rotatable bonds is 3. The Labute approximate surface area is 148 Å². The molecule has 0 fully saturated rings. The molecule has 122 valence electrons. The molecule has 1 amide bonds. The van der Waals surface area contributed by atoms with E-state index in [2.05, 4.69) is 20.6 Å². The molecule has 0 atom stereocenters. The number of benzene rings is 1. The van der Waals surface area contributed by atoms with E-state index in [0.29, 0.717) is 10.7 Å². The molecule has 24 heavy (non-hydrogen) atoms. The average Bonchev–Trinajstić information content (AvgIpc) is 2.88. The molecule has 0 aliphatic heterocycles. The molecule has 2 aromatic heterocycles. The molecule has 0 spiro atoms. The summed E-state index contributed by atoms with van der Waals surface area (Å²) in [5.41, 5.74) is 5.11. The van der Waals surface area contributed by atoms with Crippen LogP contribution in [0, 0.1) is 6.92 Å². The normalized spacial score (nSPS) is 11.3. The molecule has 8 heteroatoms. The molecule has 2 heterocycles. The van der Waals surface area contributed by atoms with Crippen LogP contribution in [0.3, 0.4) is 0 Å². The van der Waals surface area contributed by atoms with Crippen molar-refractivity contribution in [1.29, 1.82) is 0 Å². The van der Waals surface area contributed by atoms with E-state index in [0.717, 1.165) is 16.5 Å². The van der Waals surface area contributed by atoms with Crippen molar-refractivity contribution in [2.45, 2.75) is 6.92 Å². The van der Waals surface area contributed by atoms with E-state index < -0.39 is 5.91 Å². The summed E-state index contributed by atoms with van der Waals surface area (Å²) in [5, 5.41) is 9.34. The number of hydrazone groups is 1. The van der Waals surface area contributed by atoms with Crippen molar-refractivity contribution in [2.24, 2.45) is 12.1 Å². The van der Waals surface area contributed by atoms with Gasteiger partial charge in [0.05, 0.1) is 23.0 Å². The van der Waals surface area contributed by atoms with Gasteiger partial charge < -0.3 is 0 Å². The van der Waals surface area contributed by atoms with Gasteiger partial charge >= 0.3 is 0 Å². The predicted octanol–water partition coefficient (Wildman–Crippen LogP) is 3.35. The summed E-state index contributed by atoms with van der Waals surface area (Å²) in [7, 11) is 1.62. The van der Waals surface area contributed by atoms with Gasteiger partial charge in [0.25, 0.3) is 5.91 Å². The van der Waals surface area contributed by atoms with E-state index in [9.17, 15) is 4.79 Å². The highest BCUT2D eigenvalue weighted by Gasteiger charge is 2.14. The topological polar surface area (TPSA) is 72.2 Å². The molecule has 0 unspecified atom stereocenters. The van der Waals surface area contributed by atoms with Gasteiger partial charge in [-0.05, 0) is 18.6 Å². The lowest BCUT2D eigenvalue weighted by atomic mass is 10.1. The van der Waals surface area contributed by atoms with E-state index in [1.165, 1.54) is 17.1 Å². The molecular formula is C16H13Cl2N5O. The van der Waals surface area contributed by atoms with Crippen LogP contribution in [0.15, 0.2) is 35.6 Å². The summed E-state index contributed by atoms with van der Waals surface area (Å²) in [4.78, 5) is 16.4. The number of para-hydroxylation sites is 1. The Morgan fingerprint density at radius 1 is 1.38 bits per heavy atom.